The van der Waals surface area contributed by atoms with Crippen molar-refractivity contribution in [1.29, 1.82) is 5.26 Å². The van der Waals surface area contributed by atoms with Crippen LogP contribution in [0.1, 0.15) is 19.8 Å². The first-order valence-corrected chi connectivity index (χ1v) is 15.9. The highest BCUT2D eigenvalue weighted by Gasteiger charge is 2.30. The summed E-state index contributed by atoms with van der Waals surface area (Å²) in [6, 6.07) is 2.24. The van der Waals surface area contributed by atoms with Crippen molar-refractivity contribution in [2.45, 2.75) is 19.8 Å². The van der Waals surface area contributed by atoms with Gasteiger partial charge < -0.3 is 9.69 Å². The van der Waals surface area contributed by atoms with Gasteiger partial charge in [-0.2, -0.15) is 5.26 Å². The van der Waals surface area contributed by atoms with E-state index in [0.717, 1.165) is 29.4 Å². The zero-order chi connectivity index (χ0) is 20.9. The Balaban J connectivity index is 2.08. The van der Waals surface area contributed by atoms with Gasteiger partial charge in [-0.15, -0.1) is 47.0 Å². The maximum Gasteiger partial charge on any atom is 0.224 e. The summed E-state index contributed by atoms with van der Waals surface area (Å²) in [4.78, 5) is 6.93. The first-order chi connectivity index (χ1) is 14.2. The van der Waals surface area contributed by atoms with Gasteiger partial charge in [0.15, 0.2) is 0 Å². The average Bonchev–Trinajstić information content (AvgIpc) is 3.31. The minimum Gasteiger partial charge on any atom is -0.316 e. The standard InChI is InChI=1S/C18H19N3S8/c1-4-9-22-13-14(23-10-5-6-19)27-17(26-13)18-28-15(24-11-7-20-2)16(29-18)25-12-8-21-3/h4-5,7-12H2,1H3. The molecule has 2 aliphatic heterocycles. The fourth-order valence-electron chi connectivity index (χ4n) is 1.82. The van der Waals surface area contributed by atoms with Crippen LogP contribution in [0.2, 0.25) is 0 Å². The van der Waals surface area contributed by atoms with Crippen molar-refractivity contribution in [2.24, 2.45) is 0 Å². The van der Waals surface area contributed by atoms with E-state index in [1.165, 1.54) is 25.4 Å². The summed E-state index contributed by atoms with van der Waals surface area (Å²) in [5.74, 6) is 3.58. The minimum absolute atomic E-state index is 0.536. The molecule has 2 rings (SSSR count). The van der Waals surface area contributed by atoms with Crippen molar-refractivity contribution >= 4 is 94.1 Å². The van der Waals surface area contributed by atoms with Crippen LogP contribution in [0.15, 0.2) is 25.4 Å². The molecule has 0 N–H and O–H groups in total. The molecule has 0 atom stereocenters. The van der Waals surface area contributed by atoms with Crippen LogP contribution in [0.25, 0.3) is 9.69 Å². The van der Waals surface area contributed by atoms with Crippen molar-refractivity contribution in [1.82, 2.24) is 0 Å². The zero-order valence-electron chi connectivity index (χ0n) is 15.8. The van der Waals surface area contributed by atoms with Gasteiger partial charge in [-0.1, -0.05) is 54.0 Å². The van der Waals surface area contributed by atoms with Crippen LogP contribution in [0, 0.1) is 24.5 Å². The molecule has 0 fully saturated rings. The van der Waals surface area contributed by atoms with Gasteiger partial charge >= 0.3 is 0 Å². The van der Waals surface area contributed by atoms with E-state index in [4.69, 9.17) is 18.4 Å². The number of nitrogens with zero attached hydrogens (tertiary/aromatic N) is 3. The highest BCUT2D eigenvalue weighted by Crippen LogP contribution is 2.66. The Morgan fingerprint density at radius 1 is 0.759 bits per heavy atom. The molecule has 0 aliphatic carbocycles. The molecule has 0 amide bonds. The number of hydrogen-bond acceptors (Lipinski definition) is 9. The molecule has 154 valence electrons. The van der Waals surface area contributed by atoms with E-state index in [1.54, 1.807) is 35.3 Å². The summed E-state index contributed by atoms with van der Waals surface area (Å²) < 4.78 is 7.93. The van der Waals surface area contributed by atoms with E-state index in [2.05, 4.69) is 22.7 Å². The molecular formula is C18H19N3S8. The van der Waals surface area contributed by atoms with Crippen molar-refractivity contribution in [2.75, 3.05) is 36.1 Å². The van der Waals surface area contributed by atoms with E-state index in [0.29, 0.717) is 19.5 Å². The Labute approximate surface area is 207 Å². The van der Waals surface area contributed by atoms with Crippen LogP contribution < -0.4 is 0 Å². The summed E-state index contributed by atoms with van der Waals surface area (Å²) in [5, 5.41) is 8.85. The molecule has 11 heteroatoms. The van der Waals surface area contributed by atoms with E-state index in [-0.39, 0.29) is 0 Å². The van der Waals surface area contributed by atoms with Crippen LogP contribution >= 0.6 is 94.1 Å². The molecule has 0 aromatic rings. The lowest BCUT2D eigenvalue weighted by molar-refractivity contribution is 1.11. The van der Waals surface area contributed by atoms with Crippen LogP contribution in [0.4, 0.5) is 0 Å². The number of nitriles is 1. The van der Waals surface area contributed by atoms with E-state index in [1.807, 2.05) is 58.8 Å². The fourth-order valence-corrected chi connectivity index (χ4v) is 13.5. The fraction of sp³-hybridized carbons (Fsp3) is 0.500. The molecule has 0 radical (unpaired) electrons. The summed E-state index contributed by atoms with van der Waals surface area (Å²) in [5.41, 5.74) is 0. The Bertz CT molecular complexity index is 763. The second kappa shape index (κ2) is 15.3. The highest BCUT2D eigenvalue weighted by atomic mass is 32.3. The Kier molecular flexibility index (Phi) is 13.6. The molecule has 0 saturated carbocycles. The van der Waals surface area contributed by atoms with E-state index < -0.39 is 0 Å². The second-order valence-electron chi connectivity index (χ2n) is 5.20. The molecule has 2 heterocycles. The summed E-state index contributed by atoms with van der Waals surface area (Å²) in [6.45, 7) is 17.3. The third kappa shape index (κ3) is 8.86. The molecule has 2 aliphatic rings. The molecule has 0 saturated heterocycles. The molecule has 0 unspecified atom stereocenters. The van der Waals surface area contributed by atoms with Gasteiger partial charge in [0.25, 0.3) is 0 Å². The van der Waals surface area contributed by atoms with Crippen molar-refractivity contribution in [3.63, 3.8) is 0 Å². The maximum atomic E-state index is 8.85. The summed E-state index contributed by atoms with van der Waals surface area (Å²) >= 11 is 14.6. The number of rotatable bonds is 12. The predicted molar refractivity (Wildman–Crippen MR) is 145 cm³/mol. The smallest absolute Gasteiger partial charge is 0.224 e. The van der Waals surface area contributed by atoms with Crippen LogP contribution in [0.3, 0.4) is 0 Å². The van der Waals surface area contributed by atoms with Crippen molar-refractivity contribution in [3.8, 4) is 6.07 Å². The molecular weight excluding hydrogens is 515 g/mol. The normalized spacial score (nSPS) is 16.3. The lowest BCUT2D eigenvalue weighted by Crippen LogP contribution is -1.84. The maximum absolute atomic E-state index is 8.85. The van der Waals surface area contributed by atoms with Gasteiger partial charge in [0.2, 0.25) is 13.1 Å². The molecule has 0 aromatic carbocycles. The SMILES string of the molecule is [C-]#[N+]CCSC1=C(SCC[N+]#[C-])SC(=C2SC(SCCC)=C(SCCC#N)S2)S1. The largest absolute Gasteiger partial charge is 0.316 e. The van der Waals surface area contributed by atoms with E-state index in [9.17, 15) is 0 Å². The van der Waals surface area contributed by atoms with Crippen LogP contribution in [-0.4, -0.2) is 36.1 Å². The van der Waals surface area contributed by atoms with Crippen molar-refractivity contribution in [3.05, 3.63) is 48.3 Å². The van der Waals surface area contributed by atoms with Gasteiger partial charge in [-0.3, -0.25) is 0 Å². The van der Waals surface area contributed by atoms with E-state index >= 15 is 0 Å². The lowest BCUT2D eigenvalue weighted by atomic mass is 10.6. The molecule has 3 nitrogen and oxygen atoms in total. The third-order valence-corrected chi connectivity index (χ3v) is 14.7. The first kappa shape index (κ1) is 25.7. The first-order valence-electron chi connectivity index (χ1n) is 8.72. The van der Waals surface area contributed by atoms with Gasteiger partial charge in [-0.05, 0) is 12.2 Å². The monoisotopic (exact) mass is 533 g/mol. The Morgan fingerprint density at radius 3 is 1.55 bits per heavy atom. The van der Waals surface area contributed by atoms with Gasteiger partial charge in [0.05, 0.1) is 43.0 Å². The molecule has 0 aromatic heterocycles. The Morgan fingerprint density at radius 2 is 1.17 bits per heavy atom. The van der Waals surface area contributed by atoms with Gasteiger partial charge in [0, 0.05) is 12.2 Å². The zero-order valence-corrected chi connectivity index (χ0v) is 22.3. The number of thioether (sulfide) groups is 8. The van der Waals surface area contributed by atoms with Crippen LogP contribution in [-0.2, 0) is 0 Å². The van der Waals surface area contributed by atoms with Gasteiger partial charge in [0.1, 0.15) is 0 Å². The lowest BCUT2D eigenvalue weighted by Gasteiger charge is -2.02. The molecule has 0 spiro atoms. The summed E-state index contributed by atoms with van der Waals surface area (Å²) in [7, 11) is 0. The number of hydrogen-bond donors (Lipinski definition) is 0. The highest BCUT2D eigenvalue weighted by molar-refractivity contribution is 8.45. The quantitative estimate of drug-likeness (QED) is 0.181. The Hall–Kier alpha value is 0.490. The molecule has 0 bridgehead atoms. The topological polar surface area (TPSA) is 32.5 Å². The van der Waals surface area contributed by atoms with Crippen molar-refractivity contribution < 1.29 is 0 Å². The van der Waals surface area contributed by atoms with Gasteiger partial charge in [-0.25, -0.2) is 13.1 Å². The predicted octanol–water partition coefficient (Wildman–Crippen LogP) is 8.42. The second-order valence-corrected chi connectivity index (χ2v) is 15.3. The minimum atomic E-state index is 0.536. The average molecular weight is 534 g/mol. The van der Waals surface area contributed by atoms with Crippen LogP contribution in [0.5, 0.6) is 0 Å². The molecule has 29 heavy (non-hydrogen) atoms. The summed E-state index contributed by atoms with van der Waals surface area (Å²) in [6.07, 6.45) is 1.72. The third-order valence-electron chi connectivity index (χ3n) is 3.00.